The van der Waals surface area contributed by atoms with Crippen LogP contribution in [0.3, 0.4) is 0 Å². The number of anilines is 1. The van der Waals surface area contributed by atoms with Gasteiger partial charge in [-0.1, -0.05) is 0 Å². The van der Waals surface area contributed by atoms with Crippen LogP contribution in [-0.2, 0) is 20.0 Å². The Labute approximate surface area is 117 Å². The smallest absolute Gasteiger partial charge is 0.268 e. The Balaban J connectivity index is 1.61. The van der Waals surface area contributed by atoms with Gasteiger partial charge in [-0.25, -0.2) is 4.68 Å². The molecule has 0 radical (unpaired) electrons. The van der Waals surface area contributed by atoms with E-state index in [9.17, 15) is 4.79 Å². The van der Waals surface area contributed by atoms with Gasteiger partial charge in [0.05, 0.1) is 18.4 Å². The topological polar surface area (TPSA) is 64.7 Å². The third-order valence-electron chi connectivity index (χ3n) is 3.66. The van der Waals surface area contributed by atoms with E-state index in [2.05, 4.69) is 15.5 Å². The molecule has 1 saturated carbocycles. The molecule has 20 heavy (non-hydrogen) atoms. The molecule has 0 aromatic carbocycles. The standard InChI is InChI=1S/C14H19N5O/c1-18-13(4-6-16-18)5-7-19-14(20)8-12(10-17-19)15-9-11-2-3-11/h4,6,8,10-11,15H,2-3,5,7,9H2,1H3. The molecule has 0 atom stereocenters. The van der Waals surface area contributed by atoms with E-state index in [0.717, 1.165) is 30.3 Å². The van der Waals surface area contributed by atoms with Crippen LogP contribution in [0.15, 0.2) is 29.3 Å². The Morgan fingerprint density at radius 3 is 2.90 bits per heavy atom. The van der Waals surface area contributed by atoms with Crippen molar-refractivity contribution in [3.8, 4) is 0 Å². The predicted molar refractivity (Wildman–Crippen MR) is 76.6 cm³/mol. The van der Waals surface area contributed by atoms with Gasteiger partial charge in [-0.3, -0.25) is 9.48 Å². The lowest BCUT2D eigenvalue weighted by Gasteiger charge is -2.07. The van der Waals surface area contributed by atoms with Crippen molar-refractivity contribution in [2.45, 2.75) is 25.8 Å². The number of aryl methyl sites for hydroxylation is 3. The Morgan fingerprint density at radius 1 is 1.40 bits per heavy atom. The Bertz CT molecular complexity index is 641. The molecule has 0 saturated heterocycles. The Kier molecular flexibility index (Phi) is 3.54. The minimum atomic E-state index is -0.0621. The first-order chi connectivity index (χ1) is 9.72. The average molecular weight is 273 g/mol. The zero-order valence-electron chi connectivity index (χ0n) is 11.6. The molecule has 0 amide bonds. The van der Waals surface area contributed by atoms with Gasteiger partial charge in [0.25, 0.3) is 5.56 Å². The lowest BCUT2D eigenvalue weighted by molar-refractivity contribution is 0.558. The van der Waals surface area contributed by atoms with Crippen LogP contribution in [0.1, 0.15) is 18.5 Å². The van der Waals surface area contributed by atoms with Gasteiger partial charge < -0.3 is 5.32 Å². The second kappa shape index (κ2) is 5.48. The molecule has 6 nitrogen and oxygen atoms in total. The summed E-state index contributed by atoms with van der Waals surface area (Å²) < 4.78 is 3.31. The van der Waals surface area contributed by atoms with Crippen LogP contribution in [0.5, 0.6) is 0 Å². The van der Waals surface area contributed by atoms with Gasteiger partial charge in [-0.15, -0.1) is 0 Å². The number of rotatable bonds is 6. The summed E-state index contributed by atoms with van der Waals surface area (Å²) in [7, 11) is 1.90. The van der Waals surface area contributed by atoms with E-state index < -0.39 is 0 Å². The molecule has 106 valence electrons. The van der Waals surface area contributed by atoms with Gasteiger partial charge in [0, 0.05) is 38.0 Å². The minimum Gasteiger partial charge on any atom is -0.383 e. The fraction of sp³-hybridized carbons (Fsp3) is 0.500. The second-order valence-corrected chi connectivity index (χ2v) is 5.33. The fourth-order valence-corrected chi connectivity index (χ4v) is 2.15. The third-order valence-corrected chi connectivity index (χ3v) is 3.66. The van der Waals surface area contributed by atoms with Crippen molar-refractivity contribution >= 4 is 5.69 Å². The number of aromatic nitrogens is 4. The molecule has 6 heteroatoms. The van der Waals surface area contributed by atoms with Crippen molar-refractivity contribution in [3.05, 3.63) is 40.6 Å². The van der Waals surface area contributed by atoms with E-state index in [0.29, 0.717) is 6.54 Å². The maximum absolute atomic E-state index is 12.0. The van der Waals surface area contributed by atoms with Gasteiger partial charge in [0.2, 0.25) is 0 Å². The minimum absolute atomic E-state index is 0.0621. The molecule has 0 aliphatic heterocycles. The van der Waals surface area contributed by atoms with Crippen LogP contribution in [0.2, 0.25) is 0 Å². The van der Waals surface area contributed by atoms with E-state index in [-0.39, 0.29) is 5.56 Å². The van der Waals surface area contributed by atoms with Crippen LogP contribution in [-0.4, -0.2) is 26.1 Å². The first-order valence-corrected chi connectivity index (χ1v) is 7.00. The SMILES string of the molecule is Cn1nccc1CCn1ncc(NCC2CC2)cc1=O. The molecule has 0 unspecified atom stereocenters. The van der Waals surface area contributed by atoms with Gasteiger partial charge in [-0.2, -0.15) is 10.2 Å². The first kappa shape index (κ1) is 12.9. The quantitative estimate of drug-likeness (QED) is 0.854. The predicted octanol–water partition coefficient (Wildman–Crippen LogP) is 1.04. The zero-order chi connectivity index (χ0) is 13.9. The van der Waals surface area contributed by atoms with Crippen molar-refractivity contribution in [2.24, 2.45) is 13.0 Å². The number of hydrogen-bond acceptors (Lipinski definition) is 4. The normalized spacial score (nSPS) is 14.4. The first-order valence-electron chi connectivity index (χ1n) is 7.00. The maximum Gasteiger partial charge on any atom is 0.268 e. The highest BCUT2D eigenvalue weighted by Crippen LogP contribution is 2.28. The van der Waals surface area contributed by atoms with Gasteiger partial charge in [0.15, 0.2) is 0 Å². The summed E-state index contributed by atoms with van der Waals surface area (Å²) in [5.74, 6) is 0.780. The third kappa shape index (κ3) is 3.07. The van der Waals surface area contributed by atoms with Crippen LogP contribution >= 0.6 is 0 Å². The number of hydrogen-bond donors (Lipinski definition) is 1. The van der Waals surface area contributed by atoms with Crippen LogP contribution in [0.25, 0.3) is 0 Å². The van der Waals surface area contributed by atoms with Crippen LogP contribution < -0.4 is 10.9 Å². The summed E-state index contributed by atoms with van der Waals surface area (Å²) in [6, 6.07) is 3.58. The van der Waals surface area contributed by atoms with Crippen molar-refractivity contribution < 1.29 is 0 Å². The summed E-state index contributed by atoms with van der Waals surface area (Å²) in [5.41, 5.74) is 1.85. The molecule has 1 N–H and O–H groups in total. The molecule has 2 aromatic rings. The van der Waals surface area contributed by atoms with Crippen molar-refractivity contribution in [3.63, 3.8) is 0 Å². The van der Waals surface area contributed by atoms with Gasteiger partial charge in [0.1, 0.15) is 0 Å². The molecule has 2 aromatic heterocycles. The van der Waals surface area contributed by atoms with Crippen molar-refractivity contribution in [1.82, 2.24) is 19.6 Å². The highest BCUT2D eigenvalue weighted by Gasteiger charge is 2.20. The number of nitrogens with one attached hydrogen (secondary N) is 1. The fourth-order valence-electron chi connectivity index (χ4n) is 2.15. The highest BCUT2D eigenvalue weighted by molar-refractivity contribution is 5.38. The zero-order valence-corrected chi connectivity index (χ0v) is 11.6. The Hall–Kier alpha value is -2.11. The molecule has 1 fully saturated rings. The van der Waals surface area contributed by atoms with Crippen LogP contribution in [0.4, 0.5) is 5.69 Å². The molecule has 2 heterocycles. The molecule has 3 rings (SSSR count). The molecular formula is C14H19N5O. The maximum atomic E-state index is 12.0. The summed E-state index contributed by atoms with van der Waals surface area (Å²) in [6.07, 6.45) is 6.83. The van der Waals surface area contributed by atoms with E-state index in [1.807, 2.05) is 17.8 Å². The van der Waals surface area contributed by atoms with E-state index in [4.69, 9.17) is 0 Å². The molecule has 1 aliphatic rings. The van der Waals surface area contributed by atoms with E-state index in [1.54, 1.807) is 18.5 Å². The van der Waals surface area contributed by atoms with Crippen LogP contribution in [0, 0.1) is 5.92 Å². The molecular weight excluding hydrogens is 254 g/mol. The van der Waals surface area contributed by atoms with Crippen molar-refractivity contribution in [2.75, 3.05) is 11.9 Å². The van der Waals surface area contributed by atoms with Gasteiger partial charge in [-0.05, 0) is 24.8 Å². The second-order valence-electron chi connectivity index (χ2n) is 5.33. The summed E-state index contributed by atoms with van der Waals surface area (Å²) in [6.45, 7) is 1.52. The summed E-state index contributed by atoms with van der Waals surface area (Å²) in [4.78, 5) is 12.0. The molecule has 1 aliphatic carbocycles. The summed E-state index contributed by atoms with van der Waals surface area (Å²) >= 11 is 0. The molecule has 0 spiro atoms. The monoisotopic (exact) mass is 273 g/mol. The average Bonchev–Trinajstić information content (AvgIpc) is 3.18. The lowest BCUT2D eigenvalue weighted by atomic mass is 10.3. The largest absolute Gasteiger partial charge is 0.383 e. The van der Waals surface area contributed by atoms with E-state index in [1.165, 1.54) is 17.5 Å². The van der Waals surface area contributed by atoms with Gasteiger partial charge >= 0.3 is 0 Å². The van der Waals surface area contributed by atoms with E-state index >= 15 is 0 Å². The number of nitrogens with zero attached hydrogens (tertiary/aromatic N) is 4. The summed E-state index contributed by atoms with van der Waals surface area (Å²) in [5, 5.41) is 11.6. The lowest BCUT2D eigenvalue weighted by Crippen LogP contribution is -2.24. The highest BCUT2D eigenvalue weighted by atomic mass is 16.1. The molecule has 0 bridgehead atoms. The van der Waals surface area contributed by atoms with Crippen molar-refractivity contribution in [1.29, 1.82) is 0 Å². The Morgan fingerprint density at radius 2 is 2.25 bits per heavy atom.